The van der Waals surface area contributed by atoms with Crippen LogP contribution >= 0.6 is 0 Å². The molecule has 0 radical (unpaired) electrons. The van der Waals surface area contributed by atoms with Crippen molar-refractivity contribution >= 4 is 11.8 Å². The highest BCUT2D eigenvalue weighted by Gasteiger charge is 2.29. The molecule has 1 unspecified atom stereocenters. The number of nitrogens with one attached hydrogen (secondary N) is 1. The number of furan rings is 1. The summed E-state index contributed by atoms with van der Waals surface area (Å²) in [5.41, 5.74) is 1.03. The Balaban J connectivity index is 1.77. The predicted molar refractivity (Wildman–Crippen MR) is 77.9 cm³/mol. The van der Waals surface area contributed by atoms with Crippen molar-refractivity contribution in [1.29, 1.82) is 5.26 Å². The second-order valence-electron chi connectivity index (χ2n) is 4.95. The number of nitrogens with zero attached hydrogens (tertiary/aromatic N) is 1. The number of carbonyl (C=O) groups excluding carboxylic acids is 1. The van der Waals surface area contributed by atoms with E-state index < -0.39 is 12.0 Å². The monoisotopic (exact) mass is 298 g/mol. The van der Waals surface area contributed by atoms with Crippen molar-refractivity contribution in [3.8, 4) is 17.6 Å². The Labute approximate surface area is 127 Å². The smallest absolute Gasteiger partial charge is 0.271 e. The lowest BCUT2D eigenvalue weighted by atomic mass is 10.2. The van der Waals surface area contributed by atoms with E-state index in [1.165, 1.54) is 0 Å². The molecule has 2 aromatic rings. The molecule has 2 heterocycles. The van der Waals surface area contributed by atoms with Gasteiger partial charge < -0.3 is 13.9 Å². The number of carbonyl (C=O) groups is 1. The maximum atomic E-state index is 12.3. The second-order valence-corrected chi connectivity index (χ2v) is 4.95. The van der Waals surface area contributed by atoms with Crippen LogP contribution in [0.2, 0.25) is 0 Å². The molecule has 0 bridgehead atoms. The van der Waals surface area contributed by atoms with Crippen molar-refractivity contribution in [3.05, 3.63) is 41.2 Å². The van der Waals surface area contributed by atoms with Gasteiger partial charge in [-0.2, -0.15) is 5.26 Å². The van der Waals surface area contributed by atoms with Gasteiger partial charge in [-0.1, -0.05) is 12.1 Å². The fraction of sp³-hybridized carbons (Fsp3) is 0.250. The molecule has 0 saturated heterocycles. The van der Waals surface area contributed by atoms with Crippen LogP contribution in [-0.2, 0) is 4.79 Å². The molecule has 1 aliphatic heterocycles. The first-order valence-corrected chi connectivity index (χ1v) is 6.79. The molecule has 0 fully saturated rings. The van der Waals surface area contributed by atoms with Gasteiger partial charge in [0.05, 0.1) is 0 Å². The Kier molecular flexibility index (Phi) is 3.47. The first-order valence-electron chi connectivity index (χ1n) is 6.79. The molecule has 6 heteroatoms. The Morgan fingerprint density at radius 2 is 2.05 bits per heavy atom. The number of aryl methyl sites for hydroxylation is 1. The molecule has 0 saturated carbocycles. The molecule has 6 nitrogen and oxygen atoms in total. The molecule has 3 rings (SSSR count). The molecular weight excluding hydrogens is 284 g/mol. The van der Waals surface area contributed by atoms with Gasteiger partial charge in [-0.15, -0.1) is 0 Å². The van der Waals surface area contributed by atoms with Gasteiger partial charge in [0.2, 0.25) is 12.0 Å². The van der Waals surface area contributed by atoms with E-state index in [1.54, 1.807) is 32.0 Å². The minimum absolute atomic E-state index is 0.101. The Morgan fingerprint density at radius 1 is 1.32 bits per heavy atom. The standard InChI is InChI=1S/C16H14N2O4/c1-9-10(2)21-16(11(9)7-17)18-15(19)14-8-20-12-5-3-4-6-13(12)22-14/h3-6,14H,8H2,1-2H3,(H,18,19). The van der Waals surface area contributed by atoms with Crippen molar-refractivity contribution in [2.75, 3.05) is 11.9 Å². The van der Waals surface area contributed by atoms with Gasteiger partial charge in [0.25, 0.3) is 5.91 Å². The number of para-hydroxylation sites is 2. The number of benzene rings is 1. The van der Waals surface area contributed by atoms with Gasteiger partial charge in [-0.3, -0.25) is 10.1 Å². The zero-order valence-corrected chi connectivity index (χ0v) is 12.2. The van der Waals surface area contributed by atoms with E-state index in [9.17, 15) is 4.79 Å². The van der Waals surface area contributed by atoms with Gasteiger partial charge >= 0.3 is 0 Å². The molecule has 1 aromatic carbocycles. The molecule has 1 N–H and O–H groups in total. The summed E-state index contributed by atoms with van der Waals surface area (Å²) in [6, 6.07) is 9.17. The van der Waals surface area contributed by atoms with Gasteiger partial charge in [-0.25, -0.2) is 0 Å². The summed E-state index contributed by atoms with van der Waals surface area (Å²) in [6.45, 7) is 3.61. The number of hydrogen-bond donors (Lipinski definition) is 1. The number of amides is 1. The van der Waals surface area contributed by atoms with Crippen LogP contribution in [0.4, 0.5) is 5.88 Å². The number of fused-ring (bicyclic) bond motifs is 1. The lowest BCUT2D eigenvalue weighted by Crippen LogP contribution is -2.40. The van der Waals surface area contributed by atoms with E-state index >= 15 is 0 Å². The van der Waals surface area contributed by atoms with Crippen LogP contribution in [0, 0.1) is 25.2 Å². The number of nitriles is 1. The third-order valence-electron chi connectivity index (χ3n) is 3.53. The van der Waals surface area contributed by atoms with Crippen LogP contribution < -0.4 is 14.8 Å². The fourth-order valence-corrected chi connectivity index (χ4v) is 2.19. The summed E-state index contributed by atoms with van der Waals surface area (Å²) in [5.74, 6) is 1.44. The molecule has 1 atom stereocenters. The van der Waals surface area contributed by atoms with E-state index in [1.807, 2.05) is 12.1 Å². The zero-order valence-electron chi connectivity index (χ0n) is 12.2. The normalized spacial score (nSPS) is 16.0. The summed E-state index contributed by atoms with van der Waals surface area (Å²) in [4.78, 5) is 12.3. The largest absolute Gasteiger partial charge is 0.485 e. The molecule has 0 aliphatic carbocycles. The van der Waals surface area contributed by atoms with Crippen molar-refractivity contribution in [1.82, 2.24) is 0 Å². The minimum Gasteiger partial charge on any atom is -0.485 e. The zero-order chi connectivity index (χ0) is 15.7. The van der Waals surface area contributed by atoms with Crippen molar-refractivity contribution < 1.29 is 18.7 Å². The SMILES string of the molecule is Cc1oc(NC(=O)C2COc3ccccc3O2)c(C#N)c1C. The average molecular weight is 298 g/mol. The first-order chi connectivity index (χ1) is 10.6. The fourth-order valence-electron chi connectivity index (χ4n) is 2.19. The summed E-state index contributed by atoms with van der Waals surface area (Å²) < 4.78 is 16.5. The highest BCUT2D eigenvalue weighted by Crippen LogP contribution is 2.31. The average Bonchev–Trinajstić information content (AvgIpc) is 2.80. The van der Waals surface area contributed by atoms with Gasteiger partial charge in [0, 0.05) is 5.56 Å². The highest BCUT2D eigenvalue weighted by molar-refractivity contribution is 5.94. The van der Waals surface area contributed by atoms with Gasteiger partial charge in [-0.05, 0) is 26.0 Å². The van der Waals surface area contributed by atoms with Crippen LogP contribution in [-0.4, -0.2) is 18.6 Å². The van der Waals surface area contributed by atoms with Crippen LogP contribution in [0.3, 0.4) is 0 Å². The lowest BCUT2D eigenvalue weighted by molar-refractivity contribution is -0.125. The van der Waals surface area contributed by atoms with Crippen LogP contribution in [0.25, 0.3) is 0 Å². The Morgan fingerprint density at radius 3 is 2.77 bits per heavy atom. The van der Waals surface area contributed by atoms with Crippen molar-refractivity contribution in [2.24, 2.45) is 0 Å². The summed E-state index contributed by atoms with van der Waals surface area (Å²) in [7, 11) is 0. The molecule has 22 heavy (non-hydrogen) atoms. The predicted octanol–water partition coefficient (Wildman–Crippen LogP) is 2.55. The van der Waals surface area contributed by atoms with E-state index in [-0.39, 0.29) is 12.5 Å². The maximum Gasteiger partial charge on any atom is 0.271 e. The van der Waals surface area contributed by atoms with E-state index in [0.717, 1.165) is 0 Å². The number of ether oxygens (including phenoxy) is 2. The Hall–Kier alpha value is -2.94. The molecule has 0 spiro atoms. The molecule has 1 aliphatic rings. The number of hydrogen-bond acceptors (Lipinski definition) is 5. The second kappa shape index (κ2) is 5.45. The Bertz CT molecular complexity index is 773. The van der Waals surface area contributed by atoms with E-state index in [0.29, 0.717) is 28.4 Å². The third kappa shape index (κ3) is 2.37. The van der Waals surface area contributed by atoms with Crippen LogP contribution in [0.1, 0.15) is 16.9 Å². The van der Waals surface area contributed by atoms with Crippen LogP contribution in [0.5, 0.6) is 11.5 Å². The summed E-state index contributed by atoms with van der Waals surface area (Å²) >= 11 is 0. The summed E-state index contributed by atoms with van der Waals surface area (Å²) in [5, 5.41) is 11.7. The van der Waals surface area contributed by atoms with Crippen LogP contribution in [0.15, 0.2) is 28.7 Å². The van der Waals surface area contributed by atoms with E-state index in [2.05, 4.69) is 5.32 Å². The van der Waals surface area contributed by atoms with Crippen molar-refractivity contribution in [3.63, 3.8) is 0 Å². The number of rotatable bonds is 2. The molecule has 112 valence electrons. The van der Waals surface area contributed by atoms with Gasteiger partial charge in [0.15, 0.2) is 11.5 Å². The molecular formula is C16H14N2O4. The first kappa shape index (κ1) is 14.0. The topological polar surface area (TPSA) is 84.5 Å². The lowest BCUT2D eigenvalue weighted by Gasteiger charge is -2.25. The highest BCUT2D eigenvalue weighted by atomic mass is 16.6. The van der Waals surface area contributed by atoms with E-state index in [4.69, 9.17) is 19.2 Å². The quantitative estimate of drug-likeness (QED) is 0.921. The maximum absolute atomic E-state index is 12.3. The van der Waals surface area contributed by atoms with Gasteiger partial charge in [0.1, 0.15) is 24.0 Å². The summed E-state index contributed by atoms with van der Waals surface area (Å²) in [6.07, 6.45) is -0.799. The third-order valence-corrected chi connectivity index (χ3v) is 3.53. The molecule has 1 amide bonds. The van der Waals surface area contributed by atoms with Crippen molar-refractivity contribution in [2.45, 2.75) is 20.0 Å². The molecule has 1 aromatic heterocycles. The minimum atomic E-state index is -0.799. The number of anilines is 1.